The van der Waals surface area contributed by atoms with Gasteiger partial charge in [-0.25, -0.2) is 0 Å². The topological polar surface area (TPSA) is 35.5 Å². The zero-order valence-electron chi connectivity index (χ0n) is 7.59. The van der Waals surface area contributed by atoms with Crippen molar-refractivity contribution >= 4 is 6.29 Å². The molecule has 1 aromatic carbocycles. The van der Waals surface area contributed by atoms with Crippen LogP contribution >= 0.6 is 0 Å². The molecule has 1 aliphatic heterocycles. The molecule has 1 aliphatic rings. The predicted molar refractivity (Wildman–Crippen MR) is 47.4 cm³/mol. The lowest BCUT2D eigenvalue weighted by Gasteiger charge is -2.06. The van der Waals surface area contributed by atoms with Crippen molar-refractivity contribution in [3.8, 4) is 11.5 Å². The number of rotatable bonds is 1. The van der Waals surface area contributed by atoms with E-state index in [1.807, 2.05) is 19.9 Å². The number of fused-ring (bicyclic) bond motifs is 1. The summed E-state index contributed by atoms with van der Waals surface area (Å²) in [5, 5.41) is 0. The highest BCUT2D eigenvalue weighted by Gasteiger charge is 2.20. The summed E-state index contributed by atoms with van der Waals surface area (Å²) in [5.74, 6) is 1.25. The maximum absolute atomic E-state index is 10.8. The first kappa shape index (κ1) is 8.10. The lowest BCUT2D eigenvalue weighted by Crippen LogP contribution is -1.95. The summed E-state index contributed by atoms with van der Waals surface area (Å²) in [7, 11) is 0. The second-order valence-electron chi connectivity index (χ2n) is 3.08. The highest BCUT2D eigenvalue weighted by molar-refractivity contribution is 5.84. The minimum atomic E-state index is 0.207. The molecule has 3 heteroatoms. The van der Waals surface area contributed by atoms with Crippen LogP contribution in [0, 0.1) is 13.8 Å². The Morgan fingerprint density at radius 1 is 1.38 bits per heavy atom. The van der Waals surface area contributed by atoms with E-state index in [4.69, 9.17) is 9.47 Å². The Hall–Kier alpha value is -1.51. The number of benzene rings is 1. The smallest absolute Gasteiger partial charge is 0.231 e. The van der Waals surface area contributed by atoms with Gasteiger partial charge in [0.1, 0.15) is 0 Å². The minimum Gasteiger partial charge on any atom is -0.454 e. The van der Waals surface area contributed by atoms with E-state index < -0.39 is 0 Å². The van der Waals surface area contributed by atoms with Crippen LogP contribution in [0.1, 0.15) is 21.5 Å². The van der Waals surface area contributed by atoms with Gasteiger partial charge in [0.25, 0.3) is 0 Å². The van der Waals surface area contributed by atoms with Gasteiger partial charge < -0.3 is 9.47 Å². The van der Waals surface area contributed by atoms with Gasteiger partial charge >= 0.3 is 0 Å². The third kappa shape index (κ3) is 1.08. The average Bonchev–Trinajstić information content (AvgIpc) is 2.54. The van der Waals surface area contributed by atoms with Crippen molar-refractivity contribution in [3.05, 3.63) is 22.8 Å². The summed E-state index contributed by atoms with van der Waals surface area (Å²) in [6, 6.07) is 1.89. The molecule has 0 atom stereocenters. The van der Waals surface area contributed by atoms with Gasteiger partial charge in [-0.05, 0) is 31.0 Å². The van der Waals surface area contributed by atoms with Crippen molar-refractivity contribution in [2.75, 3.05) is 6.79 Å². The Balaban J connectivity index is 2.71. The third-order valence-corrected chi connectivity index (χ3v) is 2.35. The molecule has 0 bridgehead atoms. The van der Waals surface area contributed by atoms with Gasteiger partial charge in [0.15, 0.2) is 17.8 Å². The number of aldehydes is 1. The van der Waals surface area contributed by atoms with Crippen LogP contribution in [0.15, 0.2) is 6.07 Å². The van der Waals surface area contributed by atoms with E-state index in [0.717, 1.165) is 17.4 Å². The normalized spacial score (nSPS) is 13.1. The number of carbonyl (C=O) groups is 1. The van der Waals surface area contributed by atoms with Crippen molar-refractivity contribution in [1.82, 2.24) is 0 Å². The van der Waals surface area contributed by atoms with E-state index in [-0.39, 0.29) is 6.79 Å². The molecule has 0 amide bonds. The zero-order chi connectivity index (χ0) is 9.42. The first-order valence-corrected chi connectivity index (χ1v) is 4.09. The van der Waals surface area contributed by atoms with Crippen molar-refractivity contribution in [1.29, 1.82) is 0 Å². The molecule has 0 radical (unpaired) electrons. The summed E-state index contributed by atoms with van der Waals surface area (Å²) in [6.07, 6.45) is 0.815. The first-order chi connectivity index (χ1) is 6.24. The molecule has 0 aliphatic carbocycles. The highest BCUT2D eigenvalue weighted by atomic mass is 16.7. The summed E-state index contributed by atoms with van der Waals surface area (Å²) < 4.78 is 10.4. The third-order valence-electron chi connectivity index (χ3n) is 2.35. The molecular weight excluding hydrogens is 168 g/mol. The Bertz CT molecular complexity index is 369. The van der Waals surface area contributed by atoms with Crippen LogP contribution in [0.25, 0.3) is 0 Å². The fourth-order valence-electron chi connectivity index (χ4n) is 1.44. The number of aryl methyl sites for hydroxylation is 1. The van der Waals surface area contributed by atoms with Gasteiger partial charge in [-0.15, -0.1) is 0 Å². The average molecular weight is 178 g/mol. The van der Waals surface area contributed by atoms with Crippen molar-refractivity contribution < 1.29 is 14.3 Å². The molecule has 0 saturated heterocycles. The predicted octanol–water partition coefficient (Wildman–Crippen LogP) is 1.84. The van der Waals surface area contributed by atoms with E-state index in [1.54, 1.807) is 0 Å². The quantitative estimate of drug-likeness (QED) is 0.615. The van der Waals surface area contributed by atoms with Crippen LogP contribution in [-0.2, 0) is 0 Å². The van der Waals surface area contributed by atoms with Gasteiger partial charge in [-0.3, -0.25) is 4.79 Å². The molecule has 0 spiro atoms. The second-order valence-corrected chi connectivity index (χ2v) is 3.08. The minimum absolute atomic E-state index is 0.207. The van der Waals surface area contributed by atoms with Crippen molar-refractivity contribution in [3.63, 3.8) is 0 Å². The largest absolute Gasteiger partial charge is 0.454 e. The fourth-order valence-corrected chi connectivity index (χ4v) is 1.44. The molecule has 0 fully saturated rings. The van der Waals surface area contributed by atoms with Crippen molar-refractivity contribution in [2.24, 2.45) is 0 Å². The van der Waals surface area contributed by atoms with E-state index in [2.05, 4.69) is 0 Å². The molecule has 3 nitrogen and oxygen atoms in total. The van der Waals surface area contributed by atoms with E-state index in [9.17, 15) is 4.79 Å². The summed E-state index contributed by atoms with van der Waals surface area (Å²) >= 11 is 0. The molecule has 0 saturated carbocycles. The maximum atomic E-state index is 10.8. The first-order valence-electron chi connectivity index (χ1n) is 4.09. The number of carbonyl (C=O) groups excluding carboxylic acids is 1. The number of ether oxygens (including phenoxy) is 2. The maximum Gasteiger partial charge on any atom is 0.231 e. The lowest BCUT2D eigenvalue weighted by atomic mass is 10.0. The van der Waals surface area contributed by atoms with Crippen LogP contribution in [-0.4, -0.2) is 13.1 Å². The Morgan fingerprint density at radius 2 is 2.15 bits per heavy atom. The molecule has 0 N–H and O–H groups in total. The lowest BCUT2D eigenvalue weighted by molar-refractivity contribution is 0.111. The van der Waals surface area contributed by atoms with Gasteiger partial charge in [0.2, 0.25) is 6.79 Å². The van der Waals surface area contributed by atoms with Crippen molar-refractivity contribution in [2.45, 2.75) is 13.8 Å². The highest BCUT2D eigenvalue weighted by Crippen LogP contribution is 2.37. The SMILES string of the molecule is Cc1cc2c(c(C=O)c1C)OCO2. The van der Waals surface area contributed by atoms with Gasteiger partial charge in [-0.1, -0.05) is 0 Å². The van der Waals surface area contributed by atoms with E-state index >= 15 is 0 Å². The van der Waals surface area contributed by atoms with Gasteiger partial charge in [0, 0.05) is 0 Å². The molecule has 13 heavy (non-hydrogen) atoms. The fraction of sp³-hybridized carbons (Fsp3) is 0.300. The van der Waals surface area contributed by atoms with Crippen LogP contribution in [0.2, 0.25) is 0 Å². The van der Waals surface area contributed by atoms with Crippen LogP contribution in [0.5, 0.6) is 11.5 Å². The number of hydrogen-bond acceptors (Lipinski definition) is 3. The summed E-state index contributed by atoms with van der Waals surface area (Å²) in [4.78, 5) is 10.8. The Kier molecular flexibility index (Phi) is 1.72. The van der Waals surface area contributed by atoms with Gasteiger partial charge in [-0.2, -0.15) is 0 Å². The van der Waals surface area contributed by atoms with Crippen LogP contribution in [0.3, 0.4) is 0 Å². The zero-order valence-corrected chi connectivity index (χ0v) is 7.59. The Morgan fingerprint density at radius 3 is 2.85 bits per heavy atom. The van der Waals surface area contributed by atoms with Crippen LogP contribution < -0.4 is 9.47 Å². The molecule has 0 unspecified atom stereocenters. The molecule has 2 rings (SSSR count). The second kappa shape index (κ2) is 2.76. The molecule has 1 aromatic rings. The standard InChI is InChI=1S/C10H10O3/c1-6-3-9-10(13-5-12-9)8(4-11)7(6)2/h3-4H,5H2,1-2H3. The molecule has 0 aromatic heterocycles. The van der Waals surface area contributed by atoms with E-state index in [1.165, 1.54) is 0 Å². The summed E-state index contributed by atoms with van der Waals surface area (Å²) in [5.41, 5.74) is 2.61. The molecule has 68 valence electrons. The molecule has 1 heterocycles. The monoisotopic (exact) mass is 178 g/mol. The van der Waals surface area contributed by atoms with E-state index in [0.29, 0.717) is 17.1 Å². The van der Waals surface area contributed by atoms with Crippen LogP contribution in [0.4, 0.5) is 0 Å². The number of hydrogen-bond donors (Lipinski definition) is 0. The summed E-state index contributed by atoms with van der Waals surface area (Å²) in [6.45, 7) is 4.06. The Labute approximate surface area is 76.3 Å². The molecular formula is C10H10O3. The van der Waals surface area contributed by atoms with Gasteiger partial charge in [0.05, 0.1) is 5.56 Å².